The Morgan fingerprint density at radius 3 is 2.71 bits per heavy atom. The van der Waals surface area contributed by atoms with E-state index in [2.05, 4.69) is 10.3 Å². The molecule has 130 valence electrons. The minimum Gasteiger partial charge on any atom is -0.380 e. The standard InChI is InChI=1S/C16H20ClN3O2S2/c1-12-5-6-14(24(21,22)20-7-3-2-4-8-20)9-15(12)18-10-13-11-19-16(17)23-13/h5-6,9,11,18H,2-4,7-8,10H2,1H3. The van der Waals surface area contributed by atoms with Crippen molar-refractivity contribution >= 4 is 38.6 Å². The number of sulfonamides is 1. The number of nitrogens with zero attached hydrogens (tertiary/aromatic N) is 2. The third-order valence-electron chi connectivity index (χ3n) is 4.14. The van der Waals surface area contributed by atoms with E-state index in [0.29, 0.717) is 29.0 Å². The number of aromatic nitrogens is 1. The predicted molar refractivity (Wildman–Crippen MR) is 98.2 cm³/mol. The molecule has 1 aliphatic rings. The van der Waals surface area contributed by atoms with Gasteiger partial charge in [0, 0.05) is 29.9 Å². The highest BCUT2D eigenvalue weighted by Gasteiger charge is 2.26. The number of benzene rings is 1. The van der Waals surface area contributed by atoms with Crippen LogP contribution in [0.3, 0.4) is 0 Å². The van der Waals surface area contributed by atoms with E-state index in [9.17, 15) is 8.42 Å². The van der Waals surface area contributed by atoms with Crippen LogP contribution in [-0.2, 0) is 16.6 Å². The average Bonchev–Trinajstić information content (AvgIpc) is 3.00. The maximum atomic E-state index is 12.8. The van der Waals surface area contributed by atoms with Crippen molar-refractivity contribution < 1.29 is 8.42 Å². The Morgan fingerprint density at radius 1 is 1.29 bits per heavy atom. The Labute approximate surface area is 151 Å². The first-order valence-electron chi connectivity index (χ1n) is 7.92. The molecule has 0 spiro atoms. The minimum atomic E-state index is -3.42. The van der Waals surface area contributed by atoms with Crippen molar-refractivity contribution in [2.75, 3.05) is 18.4 Å². The topological polar surface area (TPSA) is 62.3 Å². The molecule has 0 atom stereocenters. The van der Waals surface area contributed by atoms with Gasteiger partial charge in [0.05, 0.1) is 11.4 Å². The molecule has 3 rings (SSSR count). The van der Waals surface area contributed by atoms with Gasteiger partial charge >= 0.3 is 0 Å². The number of hydrogen-bond acceptors (Lipinski definition) is 5. The molecule has 1 aliphatic heterocycles. The highest BCUT2D eigenvalue weighted by atomic mass is 35.5. The van der Waals surface area contributed by atoms with Crippen LogP contribution in [0, 0.1) is 6.92 Å². The second-order valence-electron chi connectivity index (χ2n) is 5.87. The van der Waals surface area contributed by atoms with Crippen molar-refractivity contribution in [2.24, 2.45) is 0 Å². The fourth-order valence-corrected chi connectivity index (χ4v) is 5.22. The molecule has 1 saturated heterocycles. The van der Waals surface area contributed by atoms with Crippen LogP contribution >= 0.6 is 22.9 Å². The first kappa shape index (κ1) is 17.7. The Morgan fingerprint density at radius 2 is 2.04 bits per heavy atom. The molecule has 1 N–H and O–H groups in total. The van der Waals surface area contributed by atoms with E-state index in [4.69, 9.17) is 11.6 Å². The Kier molecular flexibility index (Phi) is 5.44. The molecule has 0 unspecified atom stereocenters. The number of hydrogen-bond donors (Lipinski definition) is 1. The largest absolute Gasteiger partial charge is 0.380 e. The van der Waals surface area contributed by atoms with E-state index in [0.717, 1.165) is 35.4 Å². The second-order valence-corrected chi connectivity index (χ2v) is 9.51. The average molecular weight is 386 g/mol. The molecule has 0 saturated carbocycles. The maximum Gasteiger partial charge on any atom is 0.243 e. The SMILES string of the molecule is Cc1ccc(S(=O)(=O)N2CCCCC2)cc1NCc1cnc(Cl)s1. The van der Waals surface area contributed by atoms with Gasteiger partial charge < -0.3 is 5.32 Å². The zero-order valence-electron chi connectivity index (χ0n) is 13.5. The summed E-state index contributed by atoms with van der Waals surface area (Å²) >= 11 is 7.25. The first-order chi connectivity index (χ1) is 11.5. The van der Waals surface area contributed by atoms with Gasteiger partial charge in [-0.25, -0.2) is 13.4 Å². The normalized spacial score (nSPS) is 16.2. The summed E-state index contributed by atoms with van der Waals surface area (Å²) in [6.45, 7) is 3.74. The third kappa shape index (κ3) is 3.91. The quantitative estimate of drug-likeness (QED) is 0.848. The van der Waals surface area contributed by atoms with Gasteiger partial charge in [-0.15, -0.1) is 11.3 Å². The predicted octanol–water partition coefficient (Wildman–Crippen LogP) is 3.89. The van der Waals surface area contributed by atoms with Crippen LogP contribution in [0.25, 0.3) is 0 Å². The van der Waals surface area contributed by atoms with Crippen molar-refractivity contribution in [2.45, 2.75) is 37.6 Å². The number of nitrogens with one attached hydrogen (secondary N) is 1. The molecule has 8 heteroatoms. The van der Waals surface area contributed by atoms with Crippen LogP contribution in [0.2, 0.25) is 4.47 Å². The van der Waals surface area contributed by atoms with Gasteiger partial charge in [0.2, 0.25) is 10.0 Å². The lowest BCUT2D eigenvalue weighted by Crippen LogP contribution is -2.35. The monoisotopic (exact) mass is 385 g/mol. The van der Waals surface area contributed by atoms with Gasteiger partial charge in [0.15, 0.2) is 4.47 Å². The number of anilines is 1. The summed E-state index contributed by atoms with van der Waals surface area (Å²) in [6.07, 6.45) is 4.69. The van der Waals surface area contributed by atoms with Gasteiger partial charge in [-0.3, -0.25) is 0 Å². The Bertz CT molecular complexity index is 814. The summed E-state index contributed by atoms with van der Waals surface area (Å²) in [7, 11) is -3.42. The number of piperidine rings is 1. The van der Waals surface area contributed by atoms with Gasteiger partial charge in [-0.05, 0) is 37.5 Å². The lowest BCUT2D eigenvalue weighted by molar-refractivity contribution is 0.346. The highest BCUT2D eigenvalue weighted by molar-refractivity contribution is 7.89. The lowest BCUT2D eigenvalue weighted by atomic mass is 10.2. The van der Waals surface area contributed by atoms with E-state index < -0.39 is 10.0 Å². The van der Waals surface area contributed by atoms with Gasteiger partial charge in [0.1, 0.15) is 0 Å². The lowest BCUT2D eigenvalue weighted by Gasteiger charge is -2.26. The molecule has 24 heavy (non-hydrogen) atoms. The smallest absolute Gasteiger partial charge is 0.243 e. The molecule has 0 amide bonds. The van der Waals surface area contributed by atoms with E-state index in [1.54, 1.807) is 22.6 Å². The van der Waals surface area contributed by atoms with Crippen molar-refractivity contribution in [1.82, 2.24) is 9.29 Å². The van der Waals surface area contributed by atoms with Crippen molar-refractivity contribution in [3.05, 3.63) is 39.3 Å². The van der Waals surface area contributed by atoms with E-state index in [1.165, 1.54) is 11.3 Å². The minimum absolute atomic E-state index is 0.347. The number of halogens is 1. The Hall–Kier alpha value is -1.15. The summed E-state index contributed by atoms with van der Waals surface area (Å²) in [5.41, 5.74) is 1.82. The summed E-state index contributed by atoms with van der Waals surface area (Å²) in [5, 5.41) is 3.29. The maximum absolute atomic E-state index is 12.8. The van der Waals surface area contributed by atoms with E-state index in [-0.39, 0.29) is 0 Å². The van der Waals surface area contributed by atoms with Gasteiger partial charge in [-0.2, -0.15) is 4.31 Å². The third-order valence-corrected chi connectivity index (χ3v) is 7.15. The molecule has 1 aromatic carbocycles. The van der Waals surface area contributed by atoms with E-state index in [1.807, 2.05) is 13.0 Å². The molecule has 2 heterocycles. The number of thiazole rings is 1. The van der Waals surface area contributed by atoms with Crippen LogP contribution < -0.4 is 5.32 Å². The van der Waals surface area contributed by atoms with Crippen molar-refractivity contribution in [3.63, 3.8) is 0 Å². The fourth-order valence-electron chi connectivity index (χ4n) is 2.75. The molecule has 1 fully saturated rings. The summed E-state index contributed by atoms with van der Waals surface area (Å²) in [6, 6.07) is 5.26. The summed E-state index contributed by atoms with van der Waals surface area (Å²) in [4.78, 5) is 5.36. The van der Waals surface area contributed by atoms with E-state index >= 15 is 0 Å². The molecule has 0 aliphatic carbocycles. The fraction of sp³-hybridized carbons (Fsp3) is 0.438. The summed E-state index contributed by atoms with van der Waals surface area (Å²) in [5.74, 6) is 0. The molecule has 0 radical (unpaired) electrons. The molecule has 2 aromatic rings. The Balaban J connectivity index is 1.80. The van der Waals surface area contributed by atoms with Crippen LogP contribution in [0.4, 0.5) is 5.69 Å². The molecule has 5 nitrogen and oxygen atoms in total. The van der Waals surface area contributed by atoms with Crippen LogP contribution in [-0.4, -0.2) is 30.8 Å². The zero-order valence-corrected chi connectivity index (χ0v) is 15.8. The van der Waals surface area contributed by atoms with Crippen molar-refractivity contribution in [1.29, 1.82) is 0 Å². The second kappa shape index (κ2) is 7.39. The molecular formula is C16H20ClN3O2S2. The summed E-state index contributed by atoms with van der Waals surface area (Å²) < 4.78 is 27.7. The van der Waals surface area contributed by atoms with Gasteiger partial charge in [0.25, 0.3) is 0 Å². The zero-order chi connectivity index (χ0) is 17.2. The molecular weight excluding hydrogens is 366 g/mol. The molecule has 1 aromatic heterocycles. The molecule has 0 bridgehead atoms. The van der Waals surface area contributed by atoms with Crippen molar-refractivity contribution in [3.8, 4) is 0 Å². The number of aryl methyl sites for hydroxylation is 1. The van der Waals surface area contributed by atoms with Crippen LogP contribution in [0.1, 0.15) is 29.7 Å². The van der Waals surface area contributed by atoms with Gasteiger partial charge in [-0.1, -0.05) is 24.1 Å². The highest BCUT2D eigenvalue weighted by Crippen LogP contribution is 2.26. The van der Waals surface area contributed by atoms with Crippen LogP contribution in [0.5, 0.6) is 0 Å². The first-order valence-corrected chi connectivity index (χ1v) is 10.5. The van der Waals surface area contributed by atoms with Crippen LogP contribution in [0.15, 0.2) is 29.3 Å². The number of rotatable bonds is 5.